The Bertz CT molecular complexity index is 714. The van der Waals surface area contributed by atoms with Crippen LogP contribution in [0.4, 0.5) is 11.4 Å². The first kappa shape index (κ1) is 13.9. The number of hydrogen-bond acceptors (Lipinski definition) is 3. The summed E-state index contributed by atoms with van der Waals surface area (Å²) in [7, 11) is -3.63. The van der Waals surface area contributed by atoms with Crippen molar-refractivity contribution in [1.82, 2.24) is 0 Å². The third kappa shape index (κ3) is 3.27. The van der Waals surface area contributed by atoms with Crippen molar-refractivity contribution in [3.63, 3.8) is 0 Å². The molecule has 0 heterocycles. The quantitative estimate of drug-likeness (QED) is 0.843. The number of hydrogen-bond donors (Lipinski definition) is 2. The molecule has 2 aromatic rings. The predicted molar refractivity (Wildman–Crippen MR) is 80.5 cm³/mol. The number of anilines is 2. The average Bonchev–Trinajstić information content (AvgIpc) is 2.33. The van der Waals surface area contributed by atoms with Gasteiger partial charge in [0.25, 0.3) is 10.0 Å². The molecular formula is C13H13BrN2O2S. The van der Waals surface area contributed by atoms with E-state index in [1.165, 1.54) is 12.1 Å². The maximum Gasteiger partial charge on any atom is 0.262 e. The van der Waals surface area contributed by atoms with Gasteiger partial charge in [0, 0.05) is 10.2 Å². The van der Waals surface area contributed by atoms with E-state index >= 15 is 0 Å². The van der Waals surface area contributed by atoms with Crippen molar-refractivity contribution in [1.29, 1.82) is 0 Å². The van der Waals surface area contributed by atoms with E-state index in [0.29, 0.717) is 15.8 Å². The van der Waals surface area contributed by atoms with Gasteiger partial charge in [0.1, 0.15) is 0 Å². The zero-order valence-electron chi connectivity index (χ0n) is 10.2. The summed E-state index contributed by atoms with van der Waals surface area (Å²) >= 11 is 3.34. The molecule has 0 amide bonds. The highest BCUT2D eigenvalue weighted by molar-refractivity contribution is 9.10. The van der Waals surface area contributed by atoms with Crippen LogP contribution >= 0.6 is 15.9 Å². The van der Waals surface area contributed by atoms with E-state index in [1.807, 2.05) is 19.1 Å². The molecule has 0 bridgehead atoms. The van der Waals surface area contributed by atoms with E-state index in [1.54, 1.807) is 18.2 Å². The van der Waals surface area contributed by atoms with Gasteiger partial charge < -0.3 is 5.73 Å². The number of nitrogen functional groups attached to an aromatic ring is 1. The Morgan fingerprint density at radius 1 is 1.16 bits per heavy atom. The summed E-state index contributed by atoms with van der Waals surface area (Å²) in [6, 6.07) is 11.6. The summed E-state index contributed by atoms with van der Waals surface area (Å²) in [4.78, 5) is 0.139. The van der Waals surface area contributed by atoms with Gasteiger partial charge in [0.15, 0.2) is 0 Å². The Morgan fingerprint density at radius 3 is 2.53 bits per heavy atom. The van der Waals surface area contributed by atoms with Crippen molar-refractivity contribution in [2.24, 2.45) is 0 Å². The van der Waals surface area contributed by atoms with Gasteiger partial charge in [0.2, 0.25) is 0 Å². The Kier molecular flexibility index (Phi) is 3.82. The van der Waals surface area contributed by atoms with Gasteiger partial charge in [-0.15, -0.1) is 0 Å². The van der Waals surface area contributed by atoms with Crippen LogP contribution in [0.2, 0.25) is 0 Å². The Morgan fingerprint density at radius 2 is 1.89 bits per heavy atom. The molecule has 3 N–H and O–H groups in total. The van der Waals surface area contributed by atoms with E-state index in [9.17, 15) is 8.42 Å². The molecule has 2 rings (SSSR count). The SMILES string of the molecule is Cc1ccc(NS(=O)(=O)c2cccc(N)c2)c(Br)c1. The minimum Gasteiger partial charge on any atom is -0.399 e. The molecule has 6 heteroatoms. The lowest BCUT2D eigenvalue weighted by atomic mass is 10.2. The molecule has 0 atom stereocenters. The molecule has 0 saturated heterocycles. The van der Waals surface area contributed by atoms with E-state index in [4.69, 9.17) is 5.73 Å². The highest BCUT2D eigenvalue weighted by Gasteiger charge is 2.15. The van der Waals surface area contributed by atoms with Crippen LogP contribution in [-0.2, 0) is 10.0 Å². The second-order valence-corrected chi connectivity index (χ2v) is 6.70. The molecule has 0 spiro atoms. The molecule has 19 heavy (non-hydrogen) atoms. The highest BCUT2D eigenvalue weighted by Crippen LogP contribution is 2.26. The fourth-order valence-corrected chi connectivity index (χ4v) is 3.45. The van der Waals surface area contributed by atoms with Gasteiger partial charge in [-0.05, 0) is 58.7 Å². The van der Waals surface area contributed by atoms with E-state index < -0.39 is 10.0 Å². The van der Waals surface area contributed by atoms with Crippen molar-refractivity contribution >= 4 is 37.3 Å². The second kappa shape index (κ2) is 5.22. The van der Waals surface area contributed by atoms with Crippen molar-refractivity contribution < 1.29 is 8.42 Å². The summed E-state index contributed by atoms with van der Waals surface area (Å²) < 4.78 is 27.6. The Hall–Kier alpha value is -1.53. The molecule has 0 fully saturated rings. The number of nitrogens with one attached hydrogen (secondary N) is 1. The maximum atomic E-state index is 12.2. The zero-order chi connectivity index (χ0) is 14.0. The summed E-state index contributed by atoms with van der Waals surface area (Å²) in [5.74, 6) is 0. The molecule has 0 aliphatic heterocycles. The van der Waals surface area contributed by atoms with E-state index in [-0.39, 0.29) is 4.90 Å². The maximum absolute atomic E-state index is 12.2. The normalized spacial score (nSPS) is 11.3. The number of benzene rings is 2. The molecule has 2 aromatic carbocycles. The average molecular weight is 341 g/mol. The van der Waals surface area contributed by atoms with E-state index in [2.05, 4.69) is 20.7 Å². The first-order chi connectivity index (χ1) is 8.88. The van der Waals surface area contributed by atoms with Gasteiger partial charge >= 0.3 is 0 Å². The first-order valence-corrected chi connectivity index (χ1v) is 7.80. The zero-order valence-corrected chi connectivity index (χ0v) is 12.6. The number of halogens is 1. The standard InChI is InChI=1S/C13H13BrN2O2S/c1-9-5-6-13(12(14)7-9)16-19(17,18)11-4-2-3-10(15)8-11/h2-8,16H,15H2,1H3. The van der Waals surface area contributed by atoms with Crippen LogP contribution in [0.5, 0.6) is 0 Å². The van der Waals surface area contributed by atoms with Gasteiger partial charge in [-0.3, -0.25) is 4.72 Å². The second-order valence-electron chi connectivity index (χ2n) is 4.16. The van der Waals surface area contributed by atoms with Crippen molar-refractivity contribution in [2.45, 2.75) is 11.8 Å². The van der Waals surface area contributed by atoms with Crippen LogP contribution in [0, 0.1) is 6.92 Å². The lowest BCUT2D eigenvalue weighted by Gasteiger charge is -2.10. The third-order valence-corrected chi connectivity index (χ3v) is 4.56. The minimum atomic E-state index is -3.63. The molecule has 0 unspecified atom stereocenters. The highest BCUT2D eigenvalue weighted by atomic mass is 79.9. The number of aryl methyl sites for hydroxylation is 1. The summed E-state index contributed by atoms with van der Waals surface area (Å²) in [5.41, 5.74) is 7.54. The summed E-state index contributed by atoms with van der Waals surface area (Å²) in [5, 5.41) is 0. The first-order valence-electron chi connectivity index (χ1n) is 5.53. The van der Waals surface area contributed by atoms with Crippen molar-refractivity contribution in [3.8, 4) is 0 Å². The van der Waals surface area contributed by atoms with Gasteiger partial charge in [-0.25, -0.2) is 8.42 Å². The Balaban J connectivity index is 2.36. The van der Waals surface area contributed by atoms with Crippen LogP contribution in [0.3, 0.4) is 0 Å². The van der Waals surface area contributed by atoms with Gasteiger partial charge in [0.05, 0.1) is 10.6 Å². The molecule has 4 nitrogen and oxygen atoms in total. The Labute approximate surface area is 120 Å². The van der Waals surface area contributed by atoms with Gasteiger partial charge in [-0.2, -0.15) is 0 Å². The lowest BCUT2D eigenvalue weighted by Crippen LogP contribution is -2.13. The molecule has 0 aromatic heterocycles. The molecular weight excluding hydrogens is 328 g/mol. The monoisotopic (exact) mass is 340 g/mol. The van der Waals surface area contributed by atoms with Gasteiger partial charge in [-0.1, -0.05) is 12.1 Å². The number of rotatable bonds is 3. The summed E-state index contributed by atoms with van der Waals surface area (Å²) in [6.07, 6.45) is 0. The topological polar surface area (TPSA) is 72.2 Å². The van der Waals surface area contributed by atoms with Crippen LogP contribution in [0.1, 0.15) is 5.56 Å². The van der Waals surface area contributed by atoms with Crippen molar-refractivity contribution in [3.05, 3.63) is 52.5 Å². The molecule has 0 radical (unpaired) electrons. The fraction of sp³-hybridized carbons (Fsp3) is 0.0769. The molecule has 100 valence electrons. The van der Waals surface area contributed by atoms with Crippen LogP contribution < -0.4 is 10.5 Å². The minimum absolute atomic E-state index is 0.139. The number of sulfonamides is 1. The predicted octanol–water partition coefficient (Wildman–Crippen LogP) is 3.14. The molecule has 0 aliphatic rings. The smallest absolute Gasteiger partial charge is 0.262 e. The van der Waals surface area contributed by atoms with Crippen molar-refractivity contribution in [2.75, 3.05) is 10.5 Å². The third-order valence-electron chi connectivity index (χ3n) is 2.54. The van der Waals surface area contributed by atoms with Crippen LogP contribution in [0.25, 0.3) is 0 Å². The van der Waals surface area contributed by atoms with Crippen LogP contribution in [0.15, 0.2) is 51.8 Å². The molecule has 0 saturated carbocycles. The largest absolute Gasteiger partial charge is 0.399 e. The summed E-state index contributed by atoms with van der Waals surface area (Å²) in [6.45, 7) is 1.93. The van der Waals surface area contributed by atoms with Crippen LogP contribution in [-0.4, -0.2) is 8.42 Å². The lowest BCUT2D eigenvalue weighted by molar-refractivity contribution is 0.601. The fourth-order valence-electron chi connectivity index (χ4n) is 1.59. The number of nitrogens with two attached hydrogens (primary N) is 1. The molecule has 0 aliphatic carbocycles. The van der Waals surface area contributed by atoms with E-state index in [0.717, 1.165) is 5.56 Å².